The van der Waals surface area contributed by atoms with Gasteiger partial charge in [-0.15, -0.1) is 0 Å². The minimum absolute atomic E-state index is 1.11. The minimum atomic E-state index is 1.11. The van der Waals surface area contributed by atoms with Gasteiger partial charge in [-0.25, -0.2) is 0 Å². The van der Waals surface area contributed by atoms with Crippen LogP contribution in [0, 0.1) is 0 Å². The van der Waals surface area contributed by atoms with E-state index in [9.17, 15) is 0 Å². The fourth-order valence-corrected chi connectivity index (χ4v) is 3.88. The van der Waals surface area contributed by atoms with Crippen molar-refractivity contribution in [3.63, 3.8) is 0 Å². The SMILES string of the molecule is Brc1cc2ccccc2cc1C=Cc1cc2ccccc2cc1Br. The molecule has 0 aliphatic heterocycles. The molecule has 4 aromatic carbocycles. The Morgan fingerprint density at radius 2 is 0.833 bits per heavy atom. The van der Waals surface area contributed by atoms with Gasteiger partial charge in [-0.1, -0.05) is 92.5 Å². The lowest BCUT2D eigenvalue weighted by Gasteiger charge is -2.05. The van der Waals surface area contributed by atoms with Gasteiger partial charge in [0.2, 0.25) is 0 Å². The van der Waals surface area contributed by atoms with Crippen LogP contribution in [0.2, 0.25) is 0 Å². The van der Waals surface area contributed by atoms with Crippen LogP contribution in [-0.2, 0) is 0 Å². The molecule has 0 aromatic heterocycles. The van der Waals surface area contributed by atoms with E-state index in [1.807, 2.05) is 0 Å². The number of hydrogen-bond donors (Lipinski definition) is 0. The highest BCUT2D eigenvalue weighted by molar-refractivity contribution is 9.10. The van der Waals surface area contributed by atoms with Crippen LogP contribution >= 0.6 is 31.9 Å². The van der Waals surface area contributed by atoms with Crippen LogP contribution in [0.5, 0.6) is 0 Å². The Morgan fingerprint density at radius 1 is 0.500 bits per heavy atom. The van der Waals surface area contributed by atoms with Gasteiger partial charge in [0.1, 0.15) is 0 Å². The first-order valence-corrected chi connectivity index (χ1v) is 9.34. The van der Waals surface area contributed by atoms with Crippen molar-refractivity contribution in [1.29, 1.82) is 0 Å². The molecule has 0 saturated heterocycles. The monoisotopic (exact) mass is 436 g/mol. The van der Waals surface area contributed by atoms with E-state index in [0.29, 0.717) is 0 Å². The fourth-order valence-electron chi connectivity index (χ4n) is 2.90. The maximum atomic E-state index is 3.69. The molecule has 4 rings (SSSR count). The summed E-state index contributed by atoms with van der Waals surface area (Å²) < 4.78 is 2.21. The third kappa shape index (κ3) is 3.04. The lowest BCUT2D eigenvalue weighted by Crippen LogP contribution is -1.81. The molecule has 0 atom stereocenters. The first-order valence-electron chi connectivity index (χ1n) is 7.75. The Kier molecular flexibility index (Phi) is 4.26. The molecule has 0 spiro atoms. The van der Waals surface area contributed by atoms with E-state index in [-0.39, 0.29) is 0 Å². The molecule has 116 valence electrons. The molecule has 0 bridgehead atoms. The minimum Gasteiger partial charge on any atom is -0.0616 e. The first kappa shape index (κ1) is 15.6. The molecule has 0 amide bonds. The molecule has 0 aliphatic rings. The van der Waals surface area contributed by atoms with Gasteiger partial charge in [-0.3, -0.25) is 0 Å². The Hall–Kier alpha value is -1.90. The number of fused-ring (bicyclic) bond motifs is 2. The molecule has 24 heavy (non-hydrogen) atoms. The summed E-state index contributed by atoms with van der Waals surface area (Å²) >= 11 is 7.37. The molecule has 0 aliphatic carbocycles. The van der Waals surface area contributed by atoms with E-state index in [2.05, 4.69) is 117 Å². The molecule has 0 N–H and O–H groups in total. The van der Waals surface area contributed by atoms with Crippen molar-refractivity contribution >= 4 is 65.6 Å². The van der Waals surface area contributed by atoms with Gasteiger partial charge in [-0.05, 0) is 56.9 Å². The summed E-state index contributed by atoms with van der Waals surface area (Å²) in [5.41, 5.74) is 2.35. The number of halogens is 2. The van der Waals surface area contributed by atoms with Crippen LogP contribution in [0.25, 0.3) is 33.7 Å². The number of hydrogen-bond acceptors (Lipinski definition) is 0. The summed E-state index contributed by atoms with van der Waals surface area (Å²) in [5, 5.41) is 4.98. The quantitative estimate of drug-likeness (QED) is 0.282. The standard InChI is InChI=1S/C22H14Br2/c23-21-13-17-7-3-1-5-15(17)11-19(21)9-10-20-12-16-6-2-4-8-18(16)14-22(20)24/h1-14H. The van der Waals surface area contributed by atoms with Crippen molar-refractivity contribution in [2.45, 2.75) is 0 Å². The van der Waals surface area contributed by atoms with Crippen LogP contribution < -0.4 is 0 Å². The second kappa shape index (κ2) is 6.54. The summed E-state index contributed by atoms with van der Waals surface area (Å²) in [4.78, 5) is 0. The third-order valence-electron chi connectivity index (χ3n) is 4.17. The zero-order valence-electron chi connectivity index (χ0n) is 12.8. The molecular weight excluding hydrogens is 424 g/mol. The van der Waals surface area contributed by atoms with Crippen LogP contribution in [0.3, 0.4) is 0 Å². The molecule has 0 fully saturated rings. The van der Waals surface area contributed by atoms with Crippen molar-refractivity contribution in [2.24, 2.45) is 0 Å². The lowest BCUT2D eigenvalue weighted by atomic mass is 10.0. The Labute approximate surface area is 158 Å². The highest BCUT2D eigenvalue weighted by atomic mass is 79.9. The Balaban J connectivity index is 1.77. The summed E-state index contributed by atoms with van der Waals surface area (Å²) in [6.45, 7) is 0. The Morgan fingerprint density at radius 3 is 1.21 bits per heavy atom. The van der Waals surface area contributed by atoms with E-state index >= 15 is 0 Å². The predicted molar refractivity (Wildman–Crippen MR) is 112 cm³/mol. The smallest absolute Gasteiger partial charge is 0.0254 e. The van der Waals surface area contributed by atoms with Gasteiger partial charge in [0.15, 0.2) is 0 Å². The molecular formula is C22H14Br2. The molecule has 0 saturated carbocycles. The van der Waals surface area contributed by atoms with Gasteiger partial charge in [0, 0.05) is 8.95 Å². The van der Waals surface area contributed by atoms with E-state index in [0.717, 1.165) is 8.95 Å². The van der Waals surface area contributed by atoms with Crippen LogP contribution in [0.4, 0.5) is 0 Å². The van der Waals surface area contributed by atoms with Crippen molar-refractivity contribution < 1.29 is 0 Å². The first-order chi connectivity index (χ1) is 11.7. The summed E-state index contributed by atoms with van der Waals surface area (Å²) in [7, 11) is 0. The van der Waals surface area contributed by atoms with Crippen LogP contribution in [0.15, 0.2) is 81.7 Å². The highest BCUT2D eigenvalue weighted by Crippen LogP contribution is 2.29. The molecule has 0 heterocycles. The number of rotatable bonds is 2. The molecule has 0 radical (unpaired) electrons. The normalized spacial score (nSPS) is 11.6. The second-order valence-corrected chi connectivity index (χ2v) is 7.48. The van der Waals surface area contributed by atoms with Gasteiger partial charge < -0.3 is 0 Å². The van der Waals surface area contributed by atoms with Crippen molar-refractivity contribution in [3.8, 4) is 0 Å². The molecule has 0 nitrogen and oxygen atoms in total. The third-order valence-corrected chi connectivity index (χ3v) is 5.55. The van der Waals surface area contributed by atoms with Gasteiger partial charge >= 0.3 is 0 Å². The highest BCUT2D eigenvalue weighted by Gasteiger charge is 2.02. The predicted octanol–water partition coefficient (Wildman–Crippen LogP) is 7.69. The maximum absolute atomic E-state index is 3.69. The van der Waals surface area contributed by atoms with E-state index in [4.69, 9.17) is 0 Å². The fraction of sp³-hybridized carbons (Fsp3) is 0. The average Bonchev–Trinajstić information content (AvgIpc) is 2.60. The van der Waals surface area contributed by atoms with Gasteiger partial charge in [-0.2, -0.15) is 0 Å². The maximum Gasteiger partial charge on any atom is 0.0254 e. The molecule has 2 heteroatoms. The van der Waals surface area contributed by atoms with Gasteiger partial charge in [0.05, 0.1) is 0 Å². The second-order valence-electron chi connectivity index (χ2n) is 5.78. The Bertz CT molecular complexity index is 990. The van der Waals surface area contributed by atoms with E-state index in [1.165, 1.54) is 32.7 Å². The summed E-state index contributed by atoms with van der Waals surface area (Å²) in [5.74, 6) is 0. The largest absolute Gasteiger partial charge is 0.0616 e. The molecule has 0 unspecified atom stereocenters. The zero-order valence-corrected chi connectivity index (χ0v) is 16.0. The zero-order chi connectivity index (χ0) is 16.5. The van der Waals surface area contributed by atoms with Crippen LogP contribution in [-0.4, -0.2) is 0 Å². The lowest BCUT2D eigenvalue weighted by molar-refractivity contribution is 1.63. The number of benzene rings is 4. The van der Waals surface area contributed by atoms with Crippen molar-refractivity contribution in [2.75, 3.05) is 0 Å². The summed E-state index contributed by atoms with van der Waals surface area (Å²) in [6.07, 6.45) is 4.32. The average molecular weight is 438 g/mol. The van der Waals surface area contributed by atoms with Crippen molar-refractivity contribution in [3.05, 3.63) is 92.9 Å². The van der Waals surface area contributed by atoms with Crippen LogP contribution in [0.1, 0.15) is 11.1 Å². The van der Waals surface area contributed by atoms with E-state index < -0.39 is 0 Å². The van der Waals surface area contributed by atoms with Gasteiger partial charge in [0.25, 0.3) is 0 Å². The molecule has 4 aromatic rings. The summed E-state index contributed by atoms with van der Waals surface area (Å²) in [6, 6.07) is 25.6. The van der Waals surface area contributed by atoms with E-state index in [1.54, 1.807) is 0 Å². The topological polar surface area (TPSA) is 0 Å². The van der Waals surface area contributed by atoms with Crippen molar-refractivity contribution in [1.82, 2.24) is 0 Å².